The zero-order chi connectivity index (χ0) is 17.1. The summed E-state index contributed by atoms with van der Waals surface area (Å²) >= 11 is 1.64. The molecule has 1 amide bonds. The molecule has 2 aromatic heterocycles. The number of amides is 1. The zero-order valence-electron chi connectivity index (χ0n) is 14.2. The van der Waals surface area contributed by atoms with Gasteiger partial charge in [0.1, 0.15) is 5.82 Å². The summed E-state index contributed by atoms with van der Waals surface area (Å²) in [5, 5.41) is 7.59. The highest BCUT2D eigenvalue weighted by Gasteiger charge is 2.44. The molecule has 4 heterocycles. The van der Waals surface area contributed by atoms with E-state index in [1.807, 2.05) is 39.9 Å². The molecule has 0 aliphatic carbocycles. The molecule has 0 bridgehead atoms. The van der Waals surface area contributed by atoms with Gasteiger partial charge in [-0.25, -0.2) is 4.98 Å². The number of nitrogens with zero attached hydrogens (tertiary/aromatic N) is 2. The fourth-order valence-electron chi connectivity index (χ4n) is 3.83. The highest BCUT2D eigenvalue weighted by atomic mass is 32.1. The molecule has 2 atom stereocenters. The van der Waals surface area contributed by atoms with Gasteiger partial charge in [0.15, 0.2) is 0 Å². The van der Waals surface area contributed by atoms with Crippen molar-refractivity contribution >= 4 is 23.1 Å². The van der Waals surface area contributed by atoms with Crippen molar-refractivity contribution in [3.63, 3.8) is 0 Å². The van der Waals surface area contributed by atoms with Crippen molar-refractivity contribution in [1.29, 1.82) is 0 Å². The number of carbonyl (C=O) groups is 1. The maximum Gasteiger partial charge on any atom is 0.227 e. The van der Waals surface area contributed by atoms with E-state index in [-0.39, 0.29) is 11.5 Å². The molecule has 2 saturated heterocycles. The van der Waals surface area contributed by atoms with Gasteiger partial charge in [0.05, 0.1) is 12.0 Å². The lowest BCUT2D eigenvalue weighted by Crippen LogP contribution is -2.47. The Balaban J connectivity index is 1.36. The number of aromatic nitrogens is 1. The van der Waals surface area contributed by atoms with Gasteiger partial charge in [-0.1, -0.05) is 6.07 Å². The third-order valence-electron chi connectivity index (χ3n) is 5.11. The maximum absolute atomic E-state index is 12.6. The molecule has 1 N–H and O–H groups in total. The normalized spacial score (nSPS) is 26.1. The molecule has 0 radical (unpaired) electrons. The molecule has 2 fully saturated rings. The predicted octanol–water partition coefficient (Wildman–Crippen LogP) is 2.95. The summed E-state index contributed by atoms with van der Waals surface area (Å²) in [6, 6.07) is 8.27. The molecule has 6 heteroatoms. The van der Waals surface area contributed by atoms with E-state index in [2.05, 4.69) is 10.3 Å². The number of thiophene rings is 1. The molecule has 1 spiro atoms. The van der Waals surface area contributed by atoms with Crippen LogP contribution < -0.4 is 5.32 Å². The molecular weight excluding hydrogens is 334 g/mol. The SMILES string of the molecule is O=C(Cc1ccsc1)N1CC[C@]2(C[C@@H](Nc3ccccn3)CCO2)C1. The minimum absolute atomic E-state index is 0.199. The summed E-state index contributed by atoms with van der Waals surface area (Å²) in [5.41, 5.74) is 0.907. The number of nitrogens with one attached hydrogen (secondary N) is 1. The second-order valence-electron chi connectivity index (χ2n) is 6.95. The van der Waals surface area contributed by atoms with Crippen LogP contribution in [0.4, 0.5) is 5.82 Å². The first-order valence-electron chi connectivity index (χ1n) is 8.83. The molecule has 2 aromatic rings. The minimum Gasteiger partial charge on any atom is -0.373 e. The van der Waals surface area contributed by atoms with E-state index in [9.17, 15) is 4.79 Å². The summed E-state index contributed by atoms with van der Waals surface area (Å²) in [7, 11) is 0. The van der Waals surface area contributed by atoms with Crippen molar-refractivity contribution in [2.45, 2.75) is 37.3 Å². The zero-order valence-corrected chi connectivity index (χ0v) is 15.0. The van der Waals surface area contributed by atoms with E-state index in [1.165, 1.54) is 0 Å². The molecule has 0 unspecified atom stereocenters. The Bertz CT molecular complexity index is 707. The second-order valence-corrected chi connectivity index (χ2v) is 7.73. The third-order valence-corrected chi connectivity index (χ3v) is 5.85. The van der Waals surface area contributed by atoms with Gasteiger partial charge in [-0.2, -0.15) is 11.3 Å². The highest BCUT2D eigenvalue weighted by molar-refractivity contribution is 7.08. The molecule has 2 aliphatic rings. The summed E-state index contributed by atoms with van der Waals surface area (Å²) < 4.78 is 6.16. The minimum atomic E-state index is -0.199. The topological polar surface area (TPSA) is 54.5 Å². The summed E-state index contributed by atoms with van der Waals surface area (Å²) in [4.78, 5) is 18.9. The molecule has 2 aliphatic heterocycles. The van der Waals surface area contributed by atoms with Crippen LogP contribution in [0, 0.1) is 0 Å². The van der Waals surface area contributed by atoms with Gasteiger partial charge in [-0.3, -0.25) is 4.79 Å². The van der Waals surface area contributed by atoms with Crippen LogP contribution in [0.1, 0.15) is 24.8 Å². The quantitative estimate of drug-likeness (QED) is 0.914. The van der Waals surface area contributed by atoms with Gasteiger partial charge < -0.3 is 15.0 Å². The molecule has 4 rings (SSSR count). The smallest absolute Gasteiger partial charge is 0.227 e. The number of rotatable bonds is 4. The number of carbonyl (C=O) groups excluding carboxylic acids is 1. The van der Waals surface area contributed by atoms with Crippen LogP contribution in [0.15, 0.2) is 41.2 Å². The van der Waals surface area contributed by atoms with E-state index in [4.69, 9.17) is 4.74 Å². The van der Waals surface area contributed by atoms with Gasteiger partial charge in [0.25, 0.3) is 0 Å². The Labute approximate surface area is 152 Å². The predicted molar refractivity (Wildman–Crippen MR) is 98.8 cm³/mol. The summed E-state index contributed by atoms with van der Waals surface area (Å²) in [5.74, 6) is 1.12. The lowest BCUT2D eigenvalue weighted by molar-refractivity contribution is -0.132. The van der Waals surface area contributed by atoms with Crippen LogP contribution in [0.2, 0.25) is 0 Å². The Kier molecular flexibility index (Phi) is 4.72. The van der Waals surface area contributed by atoms with Gasteiger partial charge in [0, 0.05) is 31.9 Å². The number of likely N-dealkylation sites (tertiary alicyclic amines) is 1. The van der Waals surface area contributed by atoms with Crippen molar-refractivity contribution in [3.05, 3.63) is 46.8 Å². The number of ether oxygens (including phenoxy) is 1. The van der Waals surface area contributed by atoms with E-state index < -0.39 is 0 Å². The Morgan fingerprint density at radius 2 is 2.40 bits per heavy atom. The van der Waals surface area contributed by atoms with Crippen molar-refractivity contribution in [1.82, 2.24) is 9.88 Å². The average molecular weight is 357 g/mol. The fourth-order valence-corrected chi connectivity index (χ4v) is 4.50. The van der Waals surface area contributed by atoms with Gasteiger partial charge in [-0.05, 0) is 53.8 Å². The largest absolute Gasteiger partial charge is 0.373 e. The lowest BCUT2D eigenvalue weighted by atomic mass is 9.89. The van der Waals surface area contributed by atoms with Crippen LogP contribution in [-0.2, 0) is 16.0 Å². The van der Waals surface area contributed by atoms with Crippen LogP contribution in [0.25, 0.3) is 0 Å². The number of anilines is 1. The Morgan fingerprint density at radius 1 is 1.44 bits per heavy atom. The molecule has 25 heavy (non-hydrogen) atoms. The number of hydrogen-bond donors (Lipinski definition) is 1. The first-order chi connectivity index (χ1) is 12.2. The standard InChI is InChI=1S/C19H23N3O2S/c23-18(11-15-5-10-25-13-15)22-8-6-19(14-22)12-16(4-9-24-19)21-17-3-1-2-7-20-17/h1-3,5,7,10,13,16H,4,6,8-9,11-12,14H2,(H,20,21)/t16-,19-/m0/s1. The van der Waals surface area contributed by atoms with Gasteiger partial charge >= 0.3 is 0 Å². The fraction of sp³-hybridized carbons (Fsp3) is 0.474. The maximum atomic E-state index is 12.6. The first-order valence-corrected chi connectivity index (χ1v) is 9.77. The van der Waals surface area contributed by atoms with E-state index in [0.717, 1.165) is 43.8 Å². The second kappa shape index (κ2) is 7.14. The Morgan fingerprint density at radius 3 is 3.20 bits per heavy atom. The highest BCUT2D eigenvalue weighted by Crippen LogP contribution is 2.35. The third kappa shape index (κ3) is 3.85. The van der Waals surface area contributed by atoms with Crippen molar-refractivity contribution in [2.75, 3.05) is 25.0 Å². The van der Waals surface area contributed by atoms with Crippen LogP contribution >= 0.6 is 11.3 Å². The van der Waals surface area contributed by atoms with Crippen molar-refractivity contribution < 1.29 is 9.53 Å². The molecule has 0 aromatic carbocycles. The first kappa shape index (κ1) is 16.5. The molecule has 132 valence electrons. The summed E-state index contributed by atoms with van der Waals surface area (Å²) in [6.45, 7) is 2.23. The van der Waals surface area contributed by atoms with Crippen LogP contribution in [0.3, 0.4) is 0 Å². The van der Waals surface area contributed by atoms with E-state index in [1.54, 1.807) is 17.5 Å². The van der Waals surface area contributed by atoms with E-state index >= 15 is 0 Å². The van der Waals surface area contributed by atoms with E-state index in [0.29, 0.717) is 19.0 Å². The monoisotopic (exact) mass is 357 g/mol. The molecule has 0 saturated carbocycles. The summed E-state index contributed by atoms with van der Waals surface area (Å²) in [6.07, 6.45) is 5.11. The van der Waals surface area contributed by atoms with Crippen molar-refractivity contribution in [3.8, 4) is 0 Å². The van der Waals surface area contributed by atoms with Gasteiger partial charge in [0.2, 0.25) is 5.91 Å². The van der Waals surface area contributed by atoms with Gasteiger partial charge in [-0.15, -0.1) is 0 Å². The average Bonchev–Trinajstić information content (AvgIpc) is 3.26. The molecular formula is C19H23N3O2S. The van der Waals surface area contributed by atoms with Crippen LogP contribution in [-0.4, -0.2) is 47.1 Å². The van der Waals surface area contributed by atoms with Crippen molar-refractivity contribution in [2.24, 2.45) is 0 Å². The number of hydrogen-bond acceptors (Lipinski definition) is 5. The Hall–Kier alpha value is -1.92. The lowest BCUT2D eigenvalue weighted by Gasteiger charge is -2.38. The number of pyridine rings is 1. The molecule has 5 nitrogen and oxygen atoms in total. The van der Waals surface area contributed by atoms with Crippen LogP contribution in [0.5, 0.6) is 0 Å².